The van der Waals surface area contributed by atoms with Gasteiger partial charge in [0.2, 0.25) is 0 Å². The molecular weight excluding hydrogens is 341 g/mol. The minimum absolute atomic E-state index is 0.0739. The molecule has 1 aliphatic heterocycles. The van der Waals surface area contributed by atoms with Gasteiger partial charge in [-0.25, -0.2) is 9.18 Å². The fraction of sp³-hybridized carbons (Fsp3) is 0.722. The highest BCUT2D eigenvalue weighted by molar-refractivity contribution is 5.72. The first-order valence-corrected chi connectivity index (χ1v) is 9.32. The van der Waals surface area contributed by atoms with E-state index >= 15 is 0 Å². The van der Waals surface area contributed by atoms with Gasteiger partial charge >= 0.3 is 11.7 Å². The molecule has 1 aromatic rings. The van der Waals surface area contributed by atoms with Crippen LogP contribution >= 0.6 is 0 Å². The summed E-state index contributed by atoms with van der Waals surface area (Å²) in [6.07, 6.45) is 5.83. The molecule has 0 amide bonds. The molecule has 0 spiro atoms. The largest absolute Gasteiger partial charge is 0.463 e. The summed E-state index contributed by atoms with van der Waals surface area (Å²) in [5.74, 6) is -1.45. The fourth-order valence-electron chi connectivity index (χ4n) is 3.15. The molecule has 1 aliphatic rings. The molecule has 3 unspecified atom stereocenters. The number of nitrogens with zero attached hydrogens (tertiary/aromatic N) is 2. The molecule has 0 bridgehead atoms. The van der Waals surface area contributed by atoms with Crippen molar-refractivity contribution < 1.29 is 18.7 Å². The molecule has 2 N–H and O–H groups in total. The maximum Gasteiger partial charge on any atom is 0.351 e. The summed E-state index contributed by atoms with van der Waals surface area (Å²) in [5, 5.41) is 0. The predicted octanol–water partition coefficient (Wildman–Crippen LogP) is 2.79. The van der Waals surface area contributed by atoms with Crippen molar-refractivity contribution in [2.75, 3.05) is 12.3 Å². The smallest absolute Gasteiger partial charge is 0.351 e. The van der Waals surface area contributed by atoms with Gasteiger partial charge in [0.15, 0.2) is 11.6 Å². The Hall–Kier alpha value is -1.96. The zero-order valence-electron chi connectivity index (χ0n) is 15.4. The van der Waals surface area contributed by atoms with Crippen molar-refractivity contribution in [2.45, 2.75) is 71.1 Å². The van der Waals surface area contributed by atoms with Crippen molar-refractivity contribution in [2.24, 2.45) is 5.92 Å². The lowest BCUT2D eigenvalue weighted by atomic mass is 9.97. The number of esters is 1. The number of anilines is 1. The molecule has 0 aliphatic carbocycles. The monoisotopic (exact) mass is 369 g/mol. The van der Waals surface area contributed by atoms with Crippen LogP contribution in [0.25, 0.3) is 0 Å². The van der Waals surface area contributed by atoms with E-state index in [0.717, 1.165) is 42.9 Å². The number of unbranched alkanes of at least 4 members (excludes halogenated alkanes) is 1. The maximum atomic E-state index is 13.6. The third-order valence-corrected chi connectivity index (χ3v) is 4.62. The van der Waals surface area contributed by atoms with Crippen molar-refractivity contribution in [3.63, 3.8) is 0 Å². The normalized spacial score (nSPS) is 20.9. The Bertz CT molecular complexity index is 664. The molecule has 0 aromatic carbocycles. The lowest BCUT2D eigenvalue weighted by molar-refractivity contribution is -0.154. The van der Waals surface area contributed by atoms with E-state index in [0.29, 0.717) is 12.8 Å². The van der Waals surface area contributed by atoms with Crippen LogP contribution in [0.1, 0.15) is 65.0 Å². The molecule has 2 heterocycles. The Morgan fingerprint density at radius 1 is 1.42 bits per heavy atom. The molecule has 1 fully saturated rings. The van der Waals surface area contributed by atoms with E-state index in [2.05, 4.69) is 18.8 Å². The van der Waals surface area contributed by atoms with E-state index in [1.807, 2.05) is 0 Å². The average molecular weight is 369 g/mol. The number of rotatable bonds is 9. The Labute approximate surface area is 152 Å². The van der Waals surface area contributed by atoms with Gasteiger partial charge in [0.1, 0.15) is 12.8 Å². The molecule has 3 atom stereocenters. The van der Waals surface area contributed by atoms with Gasteiger partial charge in [-0.15, -0.1) is 0 Å². The van der Waals surface area contributed by atoms with E-state index < -0.39 is 23.6 Å². The van der Waals surface area contributed by atoms with Crippen LogP contribution in [0.5, 0.6) is 0 Å². The van der Waals surface area contributed by atoms with Crippen LogP contribution in [-0.4, -0.2) is 28.2 Å². The second kappa shape index (κ2) is 9.66. The summed E-state index contributed by atoms with van der Waals surface area (Å²) in [6.45, 7) is 4.29. The van der Waals surface area contributed by atoms with Crippen LogP contribution in [0.4, 0.5) is 10.2 Å². The van der Waals surface area contributed by atoms with Gasteiger partial charge in [-0.3, -0.25) is 9.36 Å². The van der Waals surface area contributed by atoms with Gasteiger partial charge in [-0.05, 0) is 25.7 Å². The number of halogens is 1. The standard InChI is InChI=1S/C18H28FN3O4/c1-3-5-7-12(6-4-2)17(23)25-11-13-8-9-15(26-13)22-10-14(19)16(20)21-18(22)24/h10,12-13,15H,3-9,11H2,1-2H3,(H2,20,21,24). The number of nitrogen functional groups attached to an aromatic ring is 1. The van der Waals surface area contributed by atoms with Gasteiger partial charge in [0.05, 0.1) is 18.2 Å². The molecule has 0 saturated carbocycles. The van der Waals surface area contributed by atoms with Crippen molar-refractivity contribution in [1.29, 1.82) is 0 Å². The minimum atomic E-state index is -0.763. The summed E-state index contributed by atoms with van der Waals surface area (Å²) in [6, 6.07) is 0. The zero-order chi connectivity index (χ0) is 19.1. The summed E-state index contributed by atoms with van der Waals surface area (Å²) in [7, 11) is 0. The first-order chi connectivity index (χ1) is 12.5. The van der Waals surface area contributed by atoms with E-state index in [1.165, 1.54) is 0 Å². The number of hydrogen-bond donors (Lipinski definition) is 1. The number of carbonyl (C=O) groups excluding carboxylic acids is 1. The number of carbonyl (C=O) groups is 1. The lowest BCUT2D eigenvalue weighted by Crippen LogP contribution is -2.29. The molecule has 8 heteroatoms. The molecule has 146 valence electrons. The van der Waals surface area contributed by atoms with Gasteiger partial charge in [0, 0.05) is 0 Å². The molecule has 0 radical (unpaired) electrons. The summed E-state index contributed by atoms with van der Waals surface area (Å²) in [5.41, 5.74) is 4.63. The maximum absolute atomic E-state index is 13.6. The molecule has 1 saturated heterocycles. The van der Waals surface area contributed by atoms with Crippen LogP contribution in [0, 0.1) is 11.7 Å². The first-order valence-electron chi connectivity index (χ1n) is 9.32. The Morgan fingerprint density at radius 3 is 2.88 bits per heavy atom. The Kier molecular flexibility index (Phi) is 7.56. The third kappa shape index (κ3) is 5.27. The minimum Gasteiger partial charge on any atom is -0.463 e. The summed E-state index contributed by atoms with van der Waals surface area (Å²) in [4.78, 5) is 27.6. The number of nitrogens with two attached hydrogens (primary N) is 1. The topological polar surface area (TPSA) is 96.4 Å². The second-order valence-corrected chi connectivity index (χ2v) is 6.71. The van der Waals surface area contributed by atoms with E-state index in [9.17, 15) is 14.0 Å². The second-order valence-electron chi connectivity index (χ2n) is 6.71. The highest BCUT2D eigenvalue weighted by Crippen LogP contribution is 2.28. The van der Waals surface area contributed by atoms with Gasteiger partial charge < -0.3 is 15.2 Å². The Morgan fingerprint density at radius 2 is 2.19 bits per heavy atom. The van der Waals surface area contributed by atoms with Crippen molar-refractivity contribution >= 4 is 11.8 Å². The van der Waals surface area contributed by atoms with Gasteiger partial charge in [0.25, 0.3) is 0 Å². The third-order valence-electron chi connectivity index (χ3n) is 4.62. The molecule has 2 rings (SSSR count). The van der Waals surface area contributed by atoms with Crippen molar-refractivity contribution in [3.05, 3.63) is 22.5 Å². The highest BCUT2D eigenvalue weighted by Gasteiger charge is 2.30. The van der Waals surface area contributed by atoms with E-state index in [4.69, 9.17) is 15.2 Å². The van der Waals surface area contributed by atoms with Crippen LogP contribution < -0.4 is 11.4 Å². The number of hydrogen-bond acceptors (Lipinski definition) is 6. The van der Waals surface area contributed by atoms with Crippen molar-refractivity contribution in [1.82, 2.24) is 9.55 Å². The first kappa shape index (κ1) is 20.4. The van der Waals surface area contributed by atoms with Crippen LogP contribution in [0.15, 0.2) is 11.0 Å². The number of ether oxygens (including phenoxy) is 2. The number of aromatic nitrogens is 2. The van der Waals surface area contributed by atoms with Crippen LogP contribution in [-0.2, 0) is 14.3 Å². The van der Waals surface area contributed by atoms with Crippen LogP contribution in [0.3, 0.4) is 0 Å². The lowest BCUT2D eigenvalue weighted by Gasteiger charge is -2.18. The zero-order valence-corrected chi connectivity index (χ0v) is 15.4. The summed E-state index contributed by atoms with van der Waals surface area (Å²) >= 11 is 0. The fourth-order valence-corrected chi connectivity index (χ4v) is 3.15. The summed E-state index contributed by atoms with van der Waals surface area (Å²) < 4.78 is 25.8. The molecule has 7 nitrogen and oxygen atoms in total. The molecular formula is C18H28FN3O4. The molecule has 1 aromatic heterocycles. The van der Waals surface area contributed by atoms with E-state index in [1.54, 1.807) is 0 Å². The SMILES string of the molecule is CCCCC(CCC)C(=O)OCC1CCC(n2cc(F)c(N)nc2=O)O1. The molecule has 26 heavy (non-hydrogen) atoms. The quantitative estimate of drug-likeness (QED) is 0.672. The van der Waals surface area contributed by atoms with Crippen molar-refractivity contribution in [3.8, 4) is 0 Å². The van der Waals surface area contributed by atoms with Crippen LogP contribution in [0.2, 0.25) is 0 Å². The van der Waals surface area contributed by atoms with Gasteiger partial charge in [-0.2, -0.15) is 4.98 Å². The predicted molar refractivity (Wildman–Crippen MR) is 94.9 cm³/mol. The highest BCUT2D eigenvalue weighted by atomic mass is 19.1. The van der Waals surface area contributed by atoms with E-state index in [-0.39, 0.29) is 24.6 Å². The average Bonchev–Trinajstić information content (AvgIpc) is 3.08. The van der Waals surface area contributed by atoms with Gasteiger partial charge in [-0.1, -0.05) is 33.1 Å². The Balaban J connectivity index is 1.88.